The zero-order valence-corrected chi connectivity index (χ0v) is 11.1. The van der Waals surface area contributed by atoms with E-state index < -0.39 is 0 Å². The van der Waals surface area contributed by atoms with Crippen molar-refractivity contribution in [1.29, 1.82) is 0 Å². The first-order chi connectivity index (χ1) is 8.81. The summed E-state index contributed by atoms with van der Waals surface area (Å²) in [6, 6.07) is 4.06. The zero-order chi connectivity index (χ0) is 12.8. The Morgan fingerprint density at radius 1 is 1.28 bits per heavy atom. The molecule has 0 aliphatic carbocycles. The maximum absolute atomic E-state index is 4.42. The number of aromatic nitrogens is 3. The predicted octanol–water partition coefficient (Wildman–Crippen LogP) is 2.13. The highest BCUT2D eigenvalue weighted by Crippen LogP contribution is 2.07. The molecule has 2 rings (SSSR count). The minimum atomic E-state index is 0.788. The number of pyridine rings is 1. The molecule has 4 heteroatoms. The third kappa shape index (κ3) is 3.17. The molecule has 0 saturated heterocycles. The molecule has 0 atom stereocenters. The summed E-state index contributed by atoms with van der Waals surface area (Å²) in [5, 5.41) is 3.37. The molecule has 0 radical (unpaired) electrons. The van der Waals surface area contributed by atoms with Gasteiger partial charge in [-0.15, -0.1) is 0 Å². The number of aryl methyl sites for hydroxylation is 1. The fraction of sp³-hybridized carbons (Fsp3) is 0.429. The number of hydrogen-bond acceptors (Lipinski definition) is 3. The van der Waals surface area contributed by atoms with Crippen molar-refractivity contribution in [2.24, 2.45) is 0 Å². The van der Waals surface area contributed by atoms with Crippen LogP contribution >= 0.6 is 0 Å². The number of nitrogens with one attached hydrogen (secondary N) is 1. The summed E-state index contributed by atoms with van der Waals surface area (Å²) in [5.74, 6) is 1.06. The highest BCUT2D eigenvalue weighted by Gasteiger charge is 2.05. The summed E-state index contributed by atoms with van der Waals surface area (Å²) in [7, 11) is 0. The Bertz CT molecular complexity index is 490. The van der Waals surface area contributed by atoms with E-state index in [9.17, 15) is 0 Å². The van der Waals surface area contributed by atoms with E-state index in [1.165, 1.54) is 5.56 Å². The van der Waals surface area contributed by atoms with Gasteiger partial charge in [0, 0.05) is 18.6 Å². The van der Waals surface area contributed by atoms with Crippen molar-refractivity contribution in [2.75, 3.05) is 6.54 Å². The van der Waals surface area contributed by atoms with E-state index in [0.717, 1.165) is 37.6 Å². The van der Waals surface area contributed by atoms with Crippen molar-refractivity contribution in [1.82, 2.24) is 19.9 Å². The molecule has 0 saturated carbocycles. The van der Waals surface area contributed by atoms with Crippen LogP contribution in [0.4, 0.5) is 0 Å². The second kappa shape index (κ2) is 6.31. The highest BCUT2D eigenvalue weighted by atomic mass is 15.1. The molecule has 4 nitrogen and oxygen atoms in total. The highest BCUT2D eigenvalue weighted by molar-refractivity contribution is 5.18. The monoisotopic (exact) mass is 244 g/mol. The van der Waals surface area contributed by atoms with Crippen LogP contribution in [0.2, 0.25) is 0 Å². The number of hydrogen-bond donors (Lipinski definition) is 1. The van der Waals surface area contributed by atoms with Crippen molar-refractivity contribution in [3.63, 3.8) is 0 Å². The van der Waals surface area contributed by atoms with Gasteiger partial charge >= 0.3 is 0 Å². The Hall–Kier alpha value is -1.68. The summed E-state index contributed by atoms with van der Waals surface area (Å²) < 4.78 is 2.15. The Morgan fingerprint density at radius 2 is 2.17 bits per heavy atom. The average Bonchev–Trinajstić information content (AvgIpc) is 2.80. The summed E-state index contributed by atoms with van der Waals surface area (Å²) in [6.07, 6.45) is 6.84. The van der Waals surface area contributed by atoms with Gasteiger partial charge in [-0.25, -0.2) is 4.98 Å². The third-order valence-corrected chi connectivity index (χ3v) is 2.95. The van der Waals surface area contributed by atoms with Crippen LogP contribution in [-0.4, -0.2) is 21.1 Å². The lowest BCUT2D eigenvalue weighted by atomic mass is 10.2. The molecule has 0 aliphatic rings. The maximum Gasteiger partial charge on any atom is 0.123 e. The lowest BCUT2D eigenvalue weighted by Crippen LogP contribution is -2.18. The van der Waals surface area contributed by atoms with Crippen LogP contribution in [0, 0.1) is 6.92 Å². The van der Waals surface area contributed by atoms with Gasteiger partial charge < -0.3 is 9.88 Å². The molecule has 0 aliphatic heterocycles. The molecule has 0 aromatic carbocycles. The van der Waals surface area contributed by atoms with Crippen LogP contribution in [0.1, 0.15) is 30.4 Å². The van der Waals surface area contributed by atoms with Gasteiger partial charge in [-0.2, -0.15) is 0 Å². The molecule has 18 heavy (non-hydrogen) atoms. The summed E-state index contributed by atoms with van der Waals surface area (Å²) in [5.41, 5.74) is 2.32. The molecule has 96 valence electrons. The maximum atomic E-state index is 4.42. The van der Waals surface area contributed by atoms with Gasteiger partial charge in [0.05, 0.1) is 18.8 Å². The van der Waals surface area contributed by atoms with Gasteiger partial charge in [0.15, 0.2) is 0 Å². The van der Waals surface area contributed by atoms with Crippen molar-refractivity contribution < 1.29 is 0 Å². The third-order valence-electron chi connectivity index (χ3n) is 2.95. The van der Waals surface area contributed by atoms with Gasteiger partial charge in [-0.05, 0) is 31.5 Å². The minimum absolute atomic E-state index is 0.788. The van der Waals surface area contributed by atoms with Crippen LogP contribution in [0.3, 0.4) is 0 Å². The largest absolute Gasteiger partial charge is 0.328 e. The molecular weight excluding hydrogens is 224 g/mol. The molecule has 2 aromatic rings. The fourth-order valence-electron chi connectivity index (χ4n) is 1.87. The first kappa shape index (κ1) is 12.8. The summed E-state index contributed by atoms with van der Waals surface area (Å²) >= 11 is 0. The summed E-state index contributed by atoms with van der Waals surface area (Å²) in [6.45, 7) is 6.88. The Kier molecular flexibility index (Phi) is 4.47. The fourth-order valence-corrected chi connectivity index (χ4v) is 1.87. The van der Waals surface area contributed by atoms with E-state index in [1.807, 2.05) is 24.7 Å². The first-order valence-electron chi connectivity index (χ1n) is 6.42. The Morgan fingerprint density at radius 3 is 2.94 bits per heavy atom. The number of nitrogens with zero attached hydrogens (tertiary/aromatic N) is 3. The number of rotatable bonds is 6. The first-order valence-corrected chi connectivity index (χ1v) is 6.42. The van der Waals surface area contributed by atoms with Crippen molar-refractivity contribution >= 4 is 0 Å². The van der Waals surface area contributed by atoms with Gasteiger partial charge in [0.1, 0.15) is 5.82 Å². The number of imidazole rings is 1. The average molecular weight is 244 g/mol. The van der Waals surface area contributed by atoms with E-state index in [0.29, 0.717) is 0 Å². The molecule has 2 aromatic heterocycles. The SMILES string of the molecule is CCCNCc1nccn1Cc1ncccc1C. The standard InChI is InChI=1S/C14H20N4/c1-3-6-15-10-14-17-8-9-18(14)11-13-12(2)5-4-7-16-13/h4-5,7-9,15H,3,6,10-11H2,1-2H3. The van der Waals surface area contributed by atoms with E-state index in [4.69, 9.17) is 0 Å². The molecule has 0 bridgehead atoms. The van der Waals surface area contributed by atoms with E-state index in [-0.39, 0.29) is 0 Å². The normalized spacial score (nSPS) is 10.8. The van der Waals surface area contributed by atoms with Crippen LogP contribution in [-0.2, 0) is 13.1 Å². The van der Waals surface area contributed by atoms with Crippen molar-refractivity contribution in [3.8, 4) is 0 Å². The molecule has 0 spiro atoms. The van der Waals surface area contributed by atoms with E-state index in [1.54, 1.807) is 0 Å². The van der Waals surface area contributed by atoms with Crippen molar-refractivity contribution in [2.45, 2.75) is 33.4 Å². The second-order valence-corrected chi connectivity index (χ2v) is 4.42. The van der Waals surface area contributed by atoms with Gasteiger partial charge in [0.25, 0.3) is 0 Å². The van der Waals surface area contributed by atoms with E-state index >= 15 is 0 Å². The Balaban J connectivity index is 2.05. The molecular formula is C14H20N4. The van der Waals surface area contributed by atoms with Gasteiger partial charge in [-0.3, -0.25) is 4.98 Å². The lowest BCUT2D eigenvalue weighted by Gasteiger charge is -2.09. The molecule has 2 heterocycles. The Labute approximate surface area is 108 Å². The molecule has 0 unspecified atom stereocenters. The molecule has 0 fully saturated rings. The van der Waals surface area contributed by atoms with Gasteiger partial charge in [0.2, 0.25) is 0 Å². The van der Waals surface area contributed by atoms with Crippen LogP contribution < -0.4 is 5.32 Å². The zero-order valence-electron chi connectivity index (χ0n) is 11.1. The van der Waals surface area contributed by atoms with E-state index in [2.05, 4.69) is 39.8 Å². The predicted molar refractivity (Wildman–Crippen MR) is 72.3 cm³/mol. The second-order valence-electron chi connectivity index (χ2n) is 4.42. The lowest BCUT2D eigenvalue weighted by molar-refractivity contribution is 0.611. The topological polar surface area (TPSA) is 42.7 Å². The smallest absolute Gasteiger partial charge is 0.123 e. The molecule has 0 amide bonds. The van der Waals surface area contributed by atoms with Crippen molar-refractivity contribution in [3.05, 3.63) is 47.8 Å². The van der Waals surface area contributed by atoms with Crippen LogP contribution in [0.25, 0.3) is 0 Å². The summed E-state index contributed by atoms with van der Waals surface area (Å²) in [4.78, 5) is 8.81. The quantitative estimate of drug-likeness (QED) is 0.792. The van der Waals surface area contributed by atoms with Crippen LogP contribution in [0.15, 0.2) is 30.7 Å². The molecule has 1 N–H and O–H groups in total. The van der Waals surface area contributed by atoms with Crippen LogP contribution in [0.5, 0.6) is 0 Å². The van der Waals surface area contributed by atoms with Gasteiger partial charge in [-0.1, -0.05) is 13.0 Å². The minimum Gasteiger partial charge on any atom is -0.328 e.